The van der Waals surface area contributed by atoms with Gasteiger partial charge in [-0.25, -0.2) is 0 Å². The lowest BCUT2D eigenvalue weighted by atomic mass is 9.61. The van der Waals surface area contributed by atoms with Crippen LogP contribution in [0, 0.1) is 23.2 Å². The van der Waals surface area contributed by atoms with Crippen molar-refractivity contribution in [2.75, 3.05) is 18.5 Å². The van der Waals surface area contributed by atoms with Gasteiger partial charge in [0, 0.05) is 24.9 Å². The largest absolute Gasteiger partial charge is 0.393 e. The molecule has 0 amide bonds. The van der Waals surface area contributed by atoms with Crippen LogP contribution in [0.4, 0.5) is 0 Å². The Bertz CT molecular complexity index is 872. The minimum atomic E-state index is -2.08. The van der Waals surface area contributed by atoms with Gasteiger partial charge < -0.3 is 14.8 Å². The second-order valence-corrected chi connectivity index (χ2v) is 15.7. The molecule has 3 nitrogen and oxygen atoms in total. The Kier molecular flexibility index (Phi) is 10.9. The van der Waals surface area contributed by atoms with Crippen LogP contribution in [0.15, 0.2) is 47.6 Å². The Labute approximate surface area is 221 Å². The summed E-state index contributed by atoms with van der Waals surface area (Å²) in [6.07, 6.45) is 22.2. The third-order valence-corrected chi connectivity index (χ3v) is 12.8. The number of aliphatic hydroxyl groups is 2. The van der Waals surface area contributed by atoms with Crippen molar-refractivity contribution in [1.82, 2.24) is 0 Å². The minimum absolute atomic E-state index is 0.309. The van der Waals surface area contributed by atoms with Crippen molar-refractivity contribution in [3.05, 3.63) is 47.6 Å². The lowest BCUT2D eigenvalue weighted by Crippen LogP contribution is -2.35. The smallest absolute Gasteiger partial charge is 0.0913 e. The summed E-state index contributed by atoms with van der Waals surface area (Å²) >= 11 is 0. The lowest BCUT2D eigenvalue weighted by molar-refractivity contribution is 0.0862. The third kappa shape index (κ3) is 7.15. The van der Waals surface area contributed by atoms with E-state index in [1.807, 2.05) is 0 Å². The molecule has 0 heterocycles. The zero-order valence-electron chi connectivity index (χ0n) is 23.6. The molecule has 0 saturated heterocycles. The van der Waals surface area contributed by atoms with E-state index in [1.165, 1.54) is 25.7 Å². The van der Waals surface area contributed by atoms with Crippen molar-refractivity contribution >= 4 is 7.14 Å². The van der Waals surface area contributed by atoms with E-state index in [2.05, 4.69) is 58.6 Å². The van der Waals surface area contributed by atoms with E-state index in [4.69, 9.17) is 0 Å². The fourth-order valence-electron chi connectivity index (χ4n) is 7.40. The van der Waals surface area contributed by atoms with Crippen LogP contribution in [0.5, 0.6) is 0 Å². The topological polar surface area (TPSA) is 57.5 Å². The number of allylic oxidation sites excluding steroid dienone is 5. The summed E-state index contributed by atoms with van der Waals surface area (Å²) in [4.78, 5) is 0. The zero-order valence-corrected chi connectivity index (χ0v) is 24.4. The lowest BCUT2D eigenvalue weighted by Gasteiger charge is -2.44. The summed E-state index contributed by atoms with van der Waals surface area (Å²) in [5.74, 6) is 1.77. The number of rotatable bonds is 11. The van der Waals surface area contributed by atoms with E-state index in [0.717, 1.165) is 61.7 Å². The van der Waals surface area contributed by atoms with Crippen LogP contribution in [-0.2, 0) is 4.57 Å². The van der Waals surface area contributed by atoms with Crippen LogP contribution in [0.25, 0.3) is 0 Å². The maximum atomic E-state index is 13.5. The molecule has 0 aliphatic heterocycles. The van der Waals surface area contributed by atoms with E-state index in [9.17, 15) is 14.8 Å². The standard InChI is InChI=1S/C32H53O3P/c1-6-8-19-36(35,20-9-7-2)21-11-12-24(3)29-16-17-30-26(13-10-18-32(29,30)5)14-15-27-22-28(33)23-31(34)25(27)4/h11-12,14-15,24,28-31,33-34H,4,6-10,13,16-23H2,1-3,5H3/t24-,28-,29-,30+,31+,32-/m1/s1. The van der Waals surface area contributed by atoms with Crippen LogP contribution in [-0.4, -0.2) is 40.9 Å². The zero-order chi connectivity index (χ0) is 26.3. The second kappa shape index (κ2) is 13.3. The molecule has 0 aromatic rings. The molecule has 0 unspecified atom stereocenters. The van der Waals surface area contributed by atoms with Crippen molar-refractivity contribution in [1.29, 1.82) is 0 Å². The van der Waals surface area contributed by atoms with Crippen LogP contribution in [0.3, 0.4) is 0 Å². The first-order valence-electron chi connectivity index (χ1n) is 14.8. The maximum absolute atomic E-state index is 13.5. The molecule has 3 rings (SSSR count). The third-order valence-electron chi connectivity index (χ3n) is 9.65. The molecule has 3 aliphatic rings. The number of hydrogen-bond donors (Lipinski definition) is 2. The van der Waals surface area contributed by atoms with Crippen LogP contribution >= 0.6 is 7.14 Å². The Morgan fingerprint density at radius 1 is 1.14 bits per heavy atom. The van der Waals surface area contributed by atoms with Gasteiger partial charge in [0.25, 0.3) is 0 Å². The molecule has 3 fully saturated rings. The number of hydrogen-bond acceptors (Lipinski definition) is 3. The molecule has 3 aliphatic carbocycles. The van der Waals surface area contributed by atoms with Gasteiger partial charge in [-0.15, -0.1) is 0 Å². The van der Waals surface area contributed by atoms with Gasteiger partial charge in [0.15, 0.2) is 0 Å². The molecule has 0 radical (unpaired) electrons. The maximum Gasteiger partial charge on any atom is 0.0913 e. The van der Waals surface area contributed by atoms with E-state index in [0.29, 0.717) is 36.0 Å². The Morgan fingerprint density at radius 2 is 1.83 bits per heavy atom. The van der Waals surface area contributed by atoms with E-state index < -0.39 is 19.3 Å². The van der Waals surface area contributed by atoms with Crippen LogP contribution in [0.1, 0.15) is 98.3 Å². The molecule has 0 spiro atoms. The highest BCUT2D eigenvalue weighted by molar-refractivity contribution is 7.64. The second-order valence-electron chi connectivity index (χ2n) is 12.3. The average Bonchev–Trinajstić information content (AvgIpc) is 3.20. The Balaban J connectivity index is 1.69. The monoisotopic (exact) mass is 516 g/mol. The van der Waals surface area contributed by atoms with Crippen molar-refractivity contribution in [2.45, 2.75) is 111 Å². The highest BCUT2D eigenvalue weighted by Crippen LogP contribution is 2.59. The van der Waals surface area contributed by atoms with Crippen molar-refractivity contribution in [3.63, 3.8) is 0 Å². The highest BCUT2D eigenvalue weighted by Gasteiger charge is 2.50. The fourth-order valence-corrected chi connectivity index (χ4v) is 10.3. The van der Waals surface area contributed by atoms with Gasteiger partial charge in [-0.1, -0.05) is 77.0 Å². The first kappa shape index (κ1) is 29.7. The van der Waals surface area contributed by atoms with E-state index in [1.54, 1.807) is 5.57 Å². The van der Waals surface area contributed by atoms with Gasteiger partial charge in [0.2, 0.25) is 0 Å². The molecule has 0 aromatic heterocycles. The average molecular weight is 517 g/mol. The van der Waals surface area contributed by atoms with E-state index >= 15 is 0 Å². The highest BCUT2D eigenvalue weighted by atomic mass is 31.2. The van der Waals surface area contributed by atoms with Crippen LogP contribution < -0.4 is 0 Å². The van der Waals surface area contributed by atoms with Crippen molar-refractivity contribution < 1.29 is 14.8 Å². The molecule has 2 N–H and O–H groups in total. The first-order chi connectivity index (χ1) is 17.1. The quantitative estimate of drug-likeness (QED) is 0.215. The number of unbranched alkanes of at least 4 members (excludes halogenated alkanes) is 2. The summed E-state index contributed by atoms with van der Waals surface area (Å²) in [6.45, 7) is 13.4. The van der Waals surface area contributed by atoms with Gasteiger partial charge in [0.05, 0.1) is 19.3 Å². The first-order valence-corrected chi connectivity index (χ1v) is 17.1. The molecule has 0 aromatic carbocycles. The van der Waals surface area contributed by atoms with Gasteiger partial charge in [-0.05, 0) is 85.7 Å². The molecule has 4 heteroatoms. The summed E-state index contributed by atoms with van der Waals surface area (Å²) in [5.41, 5.74) is 3.63. The summed E-state index contributed by atoms with van der Waals surface area (Å²) < 4.78 is 13.5. The van der Waals surface area contributed by atoms with Gasteiger partial charge >= 0.3 is 0 Å². The Hall–Kier alpha value is -0.890. The minimum Gasteiger partial charge on any atom is -0.393 e. The van der Waals surface area contributed by atoms with Gasteiger partial charge in [-0.3, -0.25) is 0 Å². The number of aliphatic hydroxyl groups excluding tert-OH is 2. The Morgan fingerprint density at radius 3 is 2.50 bits per heavy atom. The molecular formula is C32H53O3P. The predicted octanol–water partition coefficient (Wildman–Crippen LogP) is 8.28. The van der Waals surface area contributed by atoms with Gasteiger partial charge in [0.1, 0.15) is 0 Å². The SMILES string of the molecule is C=C1C(=CC=C2CCC[C@]3(C)[C@@H]([C@H](C)C=CCP(=O)(CCCC)CCCC)CC[C@@H]23)C[C@@H](O)C[C@@H]1O. The summed E-state index contributed by atoms with van der Waals surface area (Å²) in [5, 5.41) is 20.3. The van der Waals surface area contributed by atoms with Crippen molar-refractivity contribution in [2.24, 2.45) is 23.2 Å². The summed E-state index contributed by atoms with van der Waals surface area (Å²) in [7, 11) is -2.08. The molecule has 6 atom stereocenters. The predicted molar refractivity (Wildman–Crippen MR) is 155 cm³/mol. The molecular weight excluding hydrogens is 463 g/mol. The summed E-state index contributed by atoms with van der Waals surface area (Å²) in [6, 6.07) is 0. The molecule has 0 bridgehead atoms. The van der Waals surface area contributed by atoms with Crippen LogP contribution in [0.2, 0.25) is 0 Å². The normalized spacial score (nSPS) is 34.6. The molecule has 36 heavy (non-hydrogen) atoms. The molecule has 3 saturated carbocycles. The molecule has 204 valence electrons. The van der Waals surface area contributed by atoms with Crippen molar-refractivity contribution in [3.8, 4) is 0 Å². The fraction of sp³-hybridized carbons (Fsp3) is 0.750. The number of fused-ring (bicyclic) bond motifs is 1. The van der Waals surface area contributed by atoms with Gasteiger partial charge in [-0.2, -0.15) is 0 Å². The van der Waals surface area contributed by atoms with E-state index in [-0.39, 0.29) is 0 Å².